The number of rotatable bonds is 4. The molecule has 0 spiro atoms. The molecule has 9 heteroatoms. The summed E-state index contributed by atoms with van der Waals surface area (Å²) in [6.07, 6.45) is 1.83. The molecule has 0 unspecified atom stereocenters. The molecule has 2 heterocycles. The van der Waals surface area contributed by atoms with Crippen molar-refractivity contribution in [1.29, 1.82) is 0 Å². The van der Waals surface area contributed by atoms with Crippen LogP contribution in [0.2, 0.25) is 5.02 Å². The largest absolute Gasteiger partial charge is 0.481 e. The zero-order valence-electron chi connectivity index (χ0n) is 17.2. The molecule has 0 atom stereocenters. The molecule has 33 heavy (non-hydrogen) atoms. The highest BCUT2D eigenvalue weighted by molar-refractivity contribution is 6.31. The lowest BCUT2D eigenvalue weighted by atomic mass is 10.1. The number of urea groups is 1. The number of benzene rings is 3. The van der Waals surface area contributed by atoms with E-state index in [1.165, 1.54) is 17.0 Å². The number of halogens is 2. The molecule has 1 aromatic heterocycles. The maximum Gasteiger partial charge on any atom is 0.323 e. The highest BCUT2D eigenvalue weighted by atomic mass is 35.5. The number of nitrogens with zero attached hydrogens (tertiary/aromatic N) is 1. The summed E-state index contributed by atoms with van der Waals surface area (Å²) in [5.41, 5.74) is 2.71. The number of carbonyl (C=O) groups is 2. The van der Waals surface area contributed by atoms with Crippen molar-refractivity contribution in [2.75, 3.05) is 22.1 Å². The summed E-state index contributed by atoms with van der Waals surface area (Å²) in [6.45, 7) is -0.236. The van der Waals surface area contributed by atoms with E-state index < -0.39 is 11.8 Å². The van der Waals surface area contributed by atoms with E-state index in [4.69, 9.17) is 16.3 Å². The van der Waals surface area contributed by atoms with Gasteiger partial charge in [-0.05, 0) is 47.9 Å². The van der Waals surface area contributed by atoms with Gasteiger partial charge in [-0.3, -0.25) is 4.79 Å². The Kier molecular flexibility index (Phi) is 5.35. The molecule has 0 radical (unpaired) electrons. The van der Waals surface area contributed by atoms with Crippen molar-refractivity contribution in [2.24, 2.45) is 0 Å². The van der Waals surface area contributed by atoms with E-state index in [1.807, 2.05) is 30.5 Å². The monoisotopic (exact) mass is 464 g/mol. The maximum absolute atomic E-state index is 14.3. The molecule has 3 N–H and O–H groups in total. The van der Waals surface area contributed by atoms with Gasteiger partial charge in [-0.1, -0.05) is 23.7 Å². The zero-order chi connectivity index (χ0) is 22.9. The quantitative estimate of drug-likeness (QED) is 0.371. The molecule has 1 aliphatic heterocycles. The first-order chi connectivity index (χ1) is 16.0. The van der Waals surface area contributed by atoms with Crippen LogP contribution >= 0.6 is 11.6 Å². The average Bonchev–Trinajstić information content (AvgIpc) is 3.25. The minimum atomic E-state index is -0.490. The van der Waals surface area contributed by atoms with Gasteiger partial charge in [0.2, 0.25) is 0 Å². The van der Waals surface area contributed by atoms with E-state index in [-0.39, 0.29) is 29.6 Å². The van der Waals surface area contributed by atoms with Gasteiger partial charge in [0.05, 0.1) is 12.2 Å². The number of ether oxygens (including phenoxy) is 1. The first-order valence-corrected chi connectivity index (χ1v) is 10.5. The van der Waals surface area contributed by atoms with Crippen molar-refractivity contribution in [3.63, 3.8) is 0 Å². The molecule has 5 rings (SSSR count). The molecule has 0 bridgehead atoms. The number of hydrogen-bond donors (Lipinski definition) is 3. The number of H-pyrrole nitrogens is 1. The normalized spacial score (nSPS) is 12.9. The Balaban J connectivity index is 1.33. The summed E-state index contributed by atoms with van der Waals surface area (Å²) >= 11 is 6.13. The van der Waals surface area contributed by atoms with Gasteiger partial charge in [-0.25, -0.2) is 9.18 Å². The highest BCUT2D eigenvalue weighted by Crippen LogP contribution is 2.36. The highest BCUT2D eigenvalue weighted by Gasteiger charge is 2.27. The molecular weight excluding hydrogens is 447 g/mol. The maximum atomic E-state index is 14.3. The van der Waals surface area contributed by atoms with Crippen LogP contribution in [0.25, 0.3) is 10.9 Å². The van der Waals surface area contributed by atoms with Gasteiger partial charge in [0.15, 0.2) is 6.61 Å². The Morgan fingerprint density at radius 1 is 1.09 bits per heavy atom. The van der Waals surface area contributed by atoms with Crippen molar-refractivity contribution in [3.05, 3.63) is 83.3 Å². The number of carbonyl (C=O) groups excluding carboxylic acids is 2. The molecule has 0 saturated carbocycles. The van der Waals surface area contributed by atoms with E-state index in [0.717, 1.165) is 10.9 Å². The van der Waals surface area contributed by atoms with Crippen molar-refractivity contribution < 1.29 is 18.7 Å². The lowest BCUT2D eigenvalue weighted by Crippen LogP contribution is -2.38. The number of aromatic amines is 1. The molecular formula is C24H18ClFN4O3. The summed E-state index contributed by atoms with van der Waals surface area (Å²) in [4.78, 5) is 29.5. The number of nitrogens with one attached hydrogen (secondary N) is 3. The van der Waals surface area contributed by atoms with Gasteiger partial charge in [0.1, 0.15) is 11.6 Å². The van der Waals surface area contributed by atoms with Gasteiger partial charge in [0.25, 0.3) is 5.91 Å². The van der Waals surface area contributed by atoms with Gasteiger partial charge >= 0.3 is 6.03 Å². The lowest BCUT2D eigenvalue weighted by molar-refractivity contribution is -0.121. The van der Waals surface area contributed by atoms with E-state index in [0.29, 0.717) is 22.8 Å². The van der Waals surface area contributed by atoms with Crippen LogP contribution in [-0.4, -0.2) is 23.5 Å². The lowest BCUT2D eigenvalue weighted by Gasteiger charge is -2.30. The van der Waals surface area contributed by atoms with Gasteiger partial charge < -0.3 is 25.3 Å². The first-order valence-electron chi connectivity index (χ1n) is 10.1. The predicted molar refractivity (Wildman–Crippen MR) is 125 cm³/mol. The summed E-state index contributed by atoms with van der Waals surface area (Å²) < 4.78 is 19.8. The van der Waals surface area contributed by atoms with Gasteiger partial charge in [-0.2, -0.15) is 0 Å². The van der Waals surface area contributed by atoms with E-state index in [9.17, 15) is 14.0 Å². The van der Waals surface area contributed by atoms with E-state index in [1.54, 1.807) is 24.3 Å². The third-order valence-corrected chi connectivity index (χ3v) is 5.71. The van der Waals surface area contributed by atoms with Crippen LogP contribution in [0, 0.1) is 5.82 Å². The second-order valence-electron chi connectivity index (χ2n) is 7.51. The van der Waals surface area contributed by atoms with Crippen molar-refractivity contribution in [3.8, 4) is 5.75 Å². The number of amides is 3. The average molecular weight is 465 g/mol. The van der Waals surface area contributed by atoms with Crippen LogP contribution < -0.4 is 20.3 Å². The minimum absolute atomic E-state index is 0.0326. The summed E-state index contributed by atoms with van der Waals surface area (Å²) in [7, 11) is 0. The van der Waals surface area contributed by atoms with Crippen LogP contribution in [0.1, 0.15) is 5.56 Å². The topological polar surface area (TPSA) is 86.5 Å². The molecule has 4 aromatic rings. The molecule has 166 valence electrons. The Labute approximate surface area is 193 Å². The fourth-order valence-corrected chi connectivity index (χ4v) is 3.94. The van der Waals surface area contributed by atoms with Crippen molar-refractivity contribution >= 4 is 51.5 Å². The molecule has 0 fully saturated rings. The summed E-state index contributed by atoms with van der Waals surface area (Å²) in [6, 6.07) is 16.3. The molecule has 3 aromatic carbocycles. The predicted octanol–water partition coefficient (Wildman–Crippen LogP) is 5.53. The molecule has 3 amide bonds. The standard InChI is InChI=1S/C24H18ClFN4O3/c25-18-2-1-3-19(26)17(18)12-30-21-7-6-16(11-22(21)33-13-23(30)31)29-24(32)28-15-5-4-14-8-9-27-20(14)10-15/h1-11,27H,12-13H2,(H2,28,29,32). The Morgan fingerprint density at radius 2 is 1.88 bits per heavy atom. The zero-order valence-corrected chi connectivity index (χ0v) is 17.9. The van der Waals surface area contributed by atoms with Crippen LogP contribution in [0.3, 0.4) is 0 Å². The molecule has 0 saturated heterocycles. The Bertz CT molecular complexity index is 1370. The van der Waals surface area contributed by atoms with Crippen LogP contribution in [-0.2, 0) is 11.3 Å². The third kappa shape index (κ3) is 4.20. The van der Waals surface area contributed by atoms with Crippen molar-refractivity contribution in [1.82, 2.24) is 4.98 Å². The fraction of sp³-hybridized carbons (Fsp3) is 0.0833. The second-order valence-corrected chi connectivity index (χ2v) is 7.92. The molecule has 1 aliphatic rings. The third-order valence-electron chi connectivity index (χ3n) is 5.35. The van der Waals surface area contributed by atoms with Gasteiger partial charge in [-0.15, -0.1) is 0 Å². The number of fused-ring (bicyclic) bond motifs is 2. The SMILES string of the molecule is O=C(Nc1ccc2c(c1)OCC(=O)N2Cc1c(F)cccc1Cl)Nc1ccc2cc[nH]c2c1. The van der Waals surface area contributed by atoms with Crippen LogP contribution in [0.15, 0.2) is 66.9 Å². The van der Waals surface area contributed by atoms with Gasteiger partial charge in [0, 0.05) is 39.7 Å². The minimum Gasteiger partial charge on any atom is -0.481 e. The van der Waals surface area contributed by atoms with Crippen molar-refractivity contribution in [2.45, 2.75) is 6.54 Å². The molecule has 7 nitrogen and oxygen atoms in total. The van der Waals surface area contributed by atoms with Crippen LogP contribution in [0.5, 0.6) is 5.75 Å². The summed E-state index contributed by atoms with van der Waals surface area (Å²) in [5.74, 6) is -0.413. The Morgan fingerprint density at radius 3 is 2.70 bits per heavy atom. The molecule has 0 aliphatic carbocycles. The summed E-state index contributed by atoms with van der Waals surface area (Å²) in [5, 5.41) is 6.82. The smallest absolute Gasteiger partial charge is 0.323 e. The second kappa shape index (κ2) is 8.48. The fourth-order valence-electron chi connectivity index (χ4n) is 3.72. The van der Waals surface area contributed by atoms with Crippen LogP contribution in [0.4, 0.5) is 26.2 Å². The number of aromatic nitrogens is 1. The number of hydrogen-bond acceptors (Lipinski definition) is 3. The van der Waals surface area contributed by atoms with E-state index in [2.05, 4.69) is 15.6 Å². The number of anilines is 3. The Hall–Kier alpha value is -4.04. The first kappa shape index (κ1) is 20.8. The van der Waals surface area contributed by atoms with E-state index >= 15 is 0 Å².